The highest BCUT2D eigenvalue weighted by Crippen LogP contribution is 2.29. The van der Waals surface area contributed by atoms with Crippen molar-refractivity contribution in [3.05, 3.63) is 60.2 Å². The zero-order valence-electron chi connectivity index (χ0n) is 16.3. The molecular weight excluding hydrogens is 374 g/mol. The van der Waals surface area contributed by atoms with Crippen LogP contribution in [0.15, 0.2) is 54.6 Å². The van der Waals surface area contributed by atoms with Gasteiger partial charge < -0.3 is 24.5 Å². The summed E-state index contributed by atoms with van der Waals surface area (Å²) < 4.78 is 11.4. The van der Waals surface area contributed by atoms with Crippen LogP contribution in [0, 0.1) is 0 Å². The molecule has 0 bridgehead atoms. The van der Waals surface area contributed by atoms with Gasteiger partial charge in [0.2, 0.25) is 0 Å². The van der Waals surface area contributed by atoms with E-state index in [1.54, 1.807) is 0 Å². The molecule has 7 heteroatoms. The van der Waals surface area contributed by atoms with Gasteiger partial charge in [-0.25, -0.2) is 4.79 Å². The Morgan fingerprint density at radius 1 is 0.966 bits per heavy atom. The van der Waals surface area contributed by atoms with Gasteiger partial charge in [0.05, 0.1) is 25.9 Å². The van der Waals surface area contributed by atoms with Gasteiger partial charge in [-0.15, -0.1) is 5.06 Å². The van der Waals surface area contributed by atoms with Crippen molar-refractivity contribution in [2.24, 2.45) is 0 Å². The van der Waals surface area contributed by atoms with E-state index >= 15 is 0 Å². The number of unbranched alkanes of at least 4 members (excludes halogenated alkanes) is 1. The molecule has 2 unspecified atom stereocenters. The fourth-order valence-electron chi connectivity index (χ4n) is 3.40. The van der Waals surface area contributed by atoms with E-state index < -0.39 is 12.3 Å². The Morgan fingerprint density at radius 2 is 1.59 bits per heavy atom. The van der Waals surface area contributed by atoms with E-state index in [4.69, 9.17) is 14.6 Å². The first kappa shape index (κ1) is 21.0. The molecule has 1 fully saturated rings. The van der Waals surface area contributed by atoms with E-state index in [9.17, 15) is 9.90 Å². The number of hydroxylamine groups is 2. The fraction of sp³-hybridized carbons (Fsp3) is 0.409. The van der Waals surface area contributed by atoms with Crippen molar-refractivity contribution in [3.8, 4) is 11.5 Å². The van der Waals surface area contributed by atoms with E-state index in [-0.39, 0.29) is 12.5 Å². The van der Waals surface area contributed by atoms with Gasteiger partial charge in [-0.05, 0) is 49.1 Å². The molecule has 29 heavy (non-hydrogen) atoms. The third kappa shape index (κ3) is 6.66. The minimum atomic E-state index is -1.36. The quantitative estimate of drug-likeness (QED) is 0.620. The summed E-state index contributed by atoms with van der Waals surface area (Å²) in [4.78, 5) is 15.2. The Morgan fingerprint density at radius 3 is 2.17 bits per heavy atom. The molecule has 2 N–H and O–H groups in total. The predicted molar refractivity (Wildman–Crippen MR) is 107 cm³/mol. The van der Waals surface area contributed by atoms with Gasteiger partial charge in [0.25, 0.3) is 0 Å². The number of carbonyl (C=O) groups is 1. The summed E-state index contributed by atoms with van der Waals surface area (Å²) in [6.07, 6.45) is 0.393. The van der Waals surface area contributed by atoms with E-state index in [1.807, 2.05) is 54.6 Å². The molecule has 0 radical (unpaired) electrons. The summed E-state index contributed by atoms with van der Waals surface area (Å²) in [7, 11) is 0. The van der Waals surface area contributed by atoms with E-state index in [1.165, 1.54) is 5.06 Å². The average Bonchev–Trinajstić information content (AvgIpc) is 2.72. The molecule has 156 valence electrons. The number of β-amino-alcohol motifs (C(OH)–C–C–N with tert-alkyl or cyclic N) is 1. The molecule has 1 heterocycles. The average molecular weight is 401 g/mol. The van der Waals surface area contributed by atoms with Crippen molar-refractivity contribution >= 4 is 6.16 Å². The van der Waals surface area contributed by atoms with Gasteiger partial charge in [0.1, 0.15) is 11.5 Å². The maximum absolute atomic E-state index is 10.6. The Bertz CT molecular complexity index is 752. The number of carboxylic acid groups (broad SMARTS) is 1. The number of aliphatic hydroxyl groups is 1. The smallest absolute Gasteiger partial charge is 0.494 e. The lowest BCUT2D eigenvalue weighted by Gasteiger charge is -2.34. The molecule has 1 saturated heterocycles. The first-order valence-corrected chi connectivity index (χ1v) is 9.86. The number of nitrogens with zero attached hydrogens (tertiary/aromatic N) is 1. The van der Waals surface area contributed by atoms with E-state index in [2.05, 4.69) is 4.84 Å². The van der Waals surface area contributed by atoms with Gasteiger partial charge in [-0.2, -0.15) is 0 Å². The second-order valence-electron chi connectivity index (χ2n) is 6.99. The van der Waals surface area contributed by atoms with Crippen LogP contribution in [0.4, 0.5) is 4.79 Å². The molecule has 1 aliphatic heterocycles. The lowest BCUT2D eigenvalue weighted by molar-refractivity contribution is -0.154. The van der Waals surface area contributed by atoms with E-state index in [0.717, 1.165) is 29.9 Å². The first-order chi connectivity index (χ1) is 14.1. The van der Waals surface area contributed by atoms with Crippen molar-refractivity contribution in [3.63, 3.8) is 0 Å². The third-order valence-corrected chi connectivity index (χ3v) is 4.88. The van der Waals surface area contributed by atoms with E-state index in [0.29, 0.717) is 26.2 Å². The van der Waals surface area contributed by atoms with Crippen molar-refractivity contribution in [2.75, 3.05) is 26.3 Å². The topological polar surface area (TPSA) is 88.5 Å². The van der Waals surface area contributed by atoms with Crippen LogP contribution in [0.3, 0.4) is 0 Å². The maximum Gasteiger partial charge on any atom is 0.525 e. The van der Waals surface area contributed by atoms with Crippen molar-refractivity contribution < 1.29 is 29.3 Å². The highest BCUT2D eigenvalue weighted by atomic mass is 16.8. The molecule has 7 nitrogen and oxygen atoms in total. The molecule has 0 aromatic heterocycles. The monoisotopic (exact) mass is 401 g/mol. The van der Waals surface area contributed by atoms with Gasteiger partial charge in [-0.1, -0.05) is 30.3 Å². The summed E-state index contributed by atoms with van der Waals surface area (Å²) >= 11 is 0. The van der Waals surface area contributed by atoms with Crippen molar-refractivity contribution in [1.82, 2.24) is 5.06 Å². The highest BCUT2D eigenvalue weighted by Gasteiger charge is 2.30. The zero-order chi connectivity index (χ0) is 20.5. The lowest BCUT2D eigenvalue weighted by Crippen LogP contribution is -2.43. The molecule has 0 saturated carbocycles. The van der Waals surface area contributed by atoms with Gasteiger partial charge >= 0.3 is 6.16 Å². The van der Waals surface area contributed by atoms with Crippen LogP contribution in [0.2, 0.25) is 0 Å². The summed E-state index contributed by atoms with van der Waals surface area (Å²) in [5.74, 6) is 1.62. The first-order valence-electron chi connectivity index (χ1n) is 9.86. The molecule has 2 atom stereocenters. The number of benzene rings is 2. The van der Waals surface area contributed by atoms with Crippen LogP contribution in [0.1, 0.15) is 30.7 Å². The molecule has 1 aliphatic rings. The number of ether oxygens (including phenoxy) is 2. The SMILES string of the molecule is O=C(O)ON1CCC(c2ccc(OCCCCOc3ccccc3)cc2)C(O)C1. The van der Waals surface area contributed by atoms with Crippen molar-refractivity contribution in [2.45, 2.75) is 31.3 Å². The van der Waals surface area contributed by atoms with Crippen molar-refractivity contribution in [1.29, 1.82) is 0 Å². The Kier molecular flexibility index (Phi) is 7.72. The molecule has 2 aromatic rings. The molecule has 0 spiro atoms. The predicted octanol–water partition coefficient (Wildman–Crippen LogP) is 3.68. The zero-order valence-corrected chi connectivity index (χ0v) is 16.3. The van der Waals surface area contributed by atoms with Crippen LogP contribution < -0.4 is 9.47 Å². The number of aliphatic hydroxyl groups excluding tert-OH is 1. The lowest BCUT2D eigenvalue weighted by atomic mass is 9.88. The summed E-state index contributed by atoms with van der Waals surface area (Å²) in [6, 6.07) is 17.5. The van der Waals surface area contributed by atoms with Crippen LogP contribution in [-0.4, -0.2) is 53.8 Å². The van der Waals surface area contributed by atoms with Crippen LogP contribution in [0.5, 0.6) is 11.5 Å². The summed E-state index contributed by atoms with van der Waals surface area (Å²) in [6.45, 7) is 1.90. The second-order valence-corrected chi connectivity index (χ2v) is 6.99. The minimum Gasteiger partial charge on any atom is -0.494 e. The van der Waals surface area contributed by atoms with Gasteiger partial charge in [0.15, 0.2) is 0 Å². The number of para-hydroxylation sites is 1. The van der Waals surface area contributed by atoms with Gasteiger partial charge in [-0.3, -0.25) is 0 Å². The van der Waals surface area contributed by atoms with Crippen LogP contribution >= 0.6 is 0 Å². The third-order valence-electron chi connectivity index (χ3n) is 4.88. The standard InChI is InChI=1S/C22H27NO6/c24-21-16-23(29-22(25)26)13-12-20(21)17-8-10-19(11-9-17)28-15-5-4-14-27-18-6-2-1-3-7-18/h1-3,6-11,20-21,24H,4-5,12-16H2,(H,25,26). The Labute approximate surface area is 170 Å². The summed E-state index contributed by atoms with van der Waals surface area (Å²) in [5, 5.41) is 20.3. The minimum absolute atomic E-state index is 0.0483. The molecule has 2 aromatic carbocycles. The maximum atomic E-state index is 10.6. The largest absolute Gasteiger partial charge is 0.525 e. The number of rotatable bonds is 9. The molecule has 0 aliphatic carbocycles. The molecular formula is C22H27NO6. The Hall–Kier alpha value is -2.77. The molecule has 0 amide bonds. The van der Waals surface area contributed by atoms with Crippen LogP contribution in [0.25, 0.3) is 0 Å². The number of piperidine rings is 1. The highest BCUT2D eigenvalue weighted by molar-refractivity contribution is 5.56. The fourth-order valence-corrected chi connectivity index (χ4v) is 3.40. The molecule has 3 rings (SSSR count). The van der Waals surface area contributed by atoms with Crippen LogP contribution in [-0.2, 0) is 4.84 Å². The van der Waals surface area contributed by atoms with Gasteiger partial charge in [0, 0.05) is 12.5 Å². The summed E-state index contributed by atoms with van der Waals surface area (Å²) in [5.41, 5.74) is 1.01. The number of hydrogen-bond donors (Lipinski definition) is 2. The number of hydrogen-bond acceptors (Lipinski definition) is 6. The second kappa shape index (κ2) is 10.7. The normalized spacial score (nSPS) is 19.5. The Balaban J connectivity index is 1.36.